The first-order chi connectivity index (χ1) is 10.5. The van der Waals surface area contributed by atoms with Gasteiger partial charge in [-0.15, -0.1) is 0 Å². The van der Waals surface area contributed by atoms with Crippen LogP contribution in [0.15, 0.2) is 30.5 Å². The zero-order valence-electron chi connectivity index (χ0n) is 11.1. The molecule has 3 aromatic rings. The van der Waals surface area contributed by atoms with Crippen LogP contribution < -0.4 is 0 Å². The number of aromatic nitrogens is 1. The smallest absolute Gasteiger partial charge is 0.195 e. The normalized spacial score (nSPS) is 10.9. The topological polar surface area (TPSA) is 39.6 Å². The monoisotopic (exact) mass is 320 g/mol. The van der Waals surface area contributed by atoms with Gasteiger partial charge in [-0.25, -0.2) is 13.2 Å². The molecule has 0 aliphatic rings. The summed E-state index contributed by atoms with van der Waals surface area (Å²) in [4.78, 5) is 2.96. The fourth-order valence-electron chi connectivity index (χ4n) is 2.41. The summed E-state index contributed by atoms with van der Waals surface area (Å²) < 4.78 is 40.4. The minimum Gasteiger partial charge on any atom is -0.361 e. The maximum absolute atomic E-state index is 14.0. The molecule has 0 unspecified atom stereocenters. The molecule has 1 N–H and O–H groups in total. The Morgan fingerprint density at radius 2 is 1.77 bits per heavy atom. The van der Waals surface area contributed by atoms with E-state index < -0.39 is 17.5 Å². The summed E-state index contributed by atoms with van der Waals surface area (Å²) in [7, 11) is 0. The van der Waals surface area contributed by atoms with Crippen LogP contribution in [0.1, 0.15) is 5.56 Å². The Hall–Kier alpha value is -2.45. The number of hydrogen-bond donors (Lipinski definition) is 1. The molecule has 22 heavy (non-hydrogen) atoms. The average molecular weight is 321 g/mol. The van der Waals surface area contributed by atoms with Gasteiger partial charge in [0.25, 0.3) is 0 Å². The van der Waals surface area contributed by atoms with Crippen molar-refractivity contribution in [1.82, 2.24) is 4.98 Å². The van der Waals surface area contributed by atoms with E-state index >= 15 is 0 Å². The van der Waals surface area contributed by atoms with Crippen LogP contribution in [0.3, 0.4) is 0 Å². The van der Waals surface area contributed by atoms with Gasteiger partial charge < -0.3 is 4.98 Å². The molecular weight excluding hydrogens is 313 g/mol. The second kappa shape index (κ2) is 5.39. The van der Waals surface area contributed by atoms with E-state index in [-0.39, 0.29) is 22.6 Å². The number of halogens is 4. The van der Waals surface area contributed by atoms with Gasteiger partial charge in [0, 0.05) is 28.2 Å². The van der Waals surface area contributed by atoms with Crippen LogP contribution in [0.5, 0.6) is 0 Å². The molecule has 2 aromatic carbocycles. The highest BCUT2D eigenvalue weighted by atomic mass is 35.5. The van der Waals surface area contributed by atoms with Crippen molar-refractivity contribution in [1.29, 1.82) is 5.26 Å². The molecule has 1 aromatic heterocycles. The van der Waals surface area contributed by atoms with Crippen molar-refractivity contribution >= 4 is 22.5 Å². The second-order valence-corrected chi connectivity index (χ2v) is 5.10. The largest absolute Gasteiger partial charge is 0.361 e. The summed E-state index contributed by atoms with van der Waals surface area (Å²) >= 11 is 6.31. The van der Waals surface area contributed by atoms with Crippen molar-refractivity contribution in [3.8, 4) is 17.2 Å². The molecule has 6 heteroatoms. The summed E-state index contributed by atoms with van der Waals surface area (Å²) in [6.45, 7) is 0. The molecule has 0 bridgehead atoms. The molecule has 2 nitrogen and oxygen atoms in total. The molecule has 0 radical (unpaired) electrons. The molecule has 3 rings (SSSR count). The van der Waals surface area contributed by atoms with Crippen LogP contribution in [-0.2, 0) is 6.42 Å². The quantitative estimate of drug-likeness (QED) is 0.665. The van der Waals surface area contributed by atoms with Crippen molar-refractivity contribution in [2.24, 2.45) is 0 Å². The predicted molar refractivity (Wildman–Crippen MR) is 77.9 cm³/mol. The lowest BCUT2D eigenvalue weighted by Gasteiger charge is -2.09. The molecule has 0 saturated heterocycles. The van der Waals surface area contributed by atoms with E-state index in [0.717, 1.165) is 12.1 Å². The van der Waals surface area contributed by atoms with E-state index in [1.54, 1.807) is 12.3 Å². The lowest BCUT2D eigenvalue weighted by atomic mass is 10.0. The Balaban J connectivity index is 2.29. The number of H-pyrrole nitrogens is 1. The maximum Gasteiger partial charge on any atom is 0.195 e. The van der Waals surface area contributed by atoms with Gasteiger partial charge in [0.15, 0.2) is 17.5 Å². The number of nitrogens with one attached hydrogen (secondary N) is 1. The third-order valence-electron chi connectivity index (χ3n) is 3.46. The zero-order valence-corrected chi connectivity index (χ0v) is 11.8. The van der Waals surface area contributed by atoms with Crippen LogP contribution in [0.25, 0.3) is 22.0 Å². The third-order valence-corrected chi connectivity index (χ3v) is 3.85. The van der Waals surface area contributed by atoms with Gasteiger partial charge in [0.2, 0.25) is 0 Å². The molecule has 110 valence electrons. The highest BCUT2D eigenvalue weighted by Crippen LogP contribution is 2.37. The number of benzene rings is 2. The molecule has 0 spiro atoms. The van der Waals surface area contributed by atoms with Crippen molar-refractivity contribution in [3.63, 3.8) is 0 Å². The van der Waals surface area contributed by atoms with Crippen molar-refractivity contribution in [2.45, 2.75) is 6.42 Å². The molecule has 0 fully saturated rings. The van der Waals surface area contributed by atoms with Gasteiger partial charge in [-0.05, 0) is 23.8 Å². The molecule has 0 saturated carbocycles. The lowest BCUT2D eigenvalue weighted by Crippen LogP contribution is -1.94. The number of aromatic amines is 1. The van der Waals surface area contributed by atoms with Crippen molar-refractivity contribution < 1.29 is 13.2 Å². The van der Waals surface area contributed by atoms with Crippen LogP contribution in [0.2, 0.25) is 5.02 Å². The number of fused-ring (bicyclic) bond motifs is 1. The lowest BCUT2D eigenvalue weighted by molar-refractivity contribution is 0.449. The first kappa shape index (κ1) is 14.5. The van der Waals surface area contributed by atoms with E-state index in [4.69, 9.17) is 16.9 Å². The Morgan fingerprint density at radius 1 is 1.05 bits per heavy atom. The van der Waals surface area contributed by atoms with Crippen LogP contribution in [0, 0.1) is 28.8 Å². The van der Waals surface area contributed by atoms with E-state index in [1.807, 2.05) is 6.07 Å². The summed E-state index contributed by atoms with van der Waals surface area (Å²) in [5, 5.41) is 9.59. The molecule has 0 aliphatic carbocycles. The summed E-state index contributed by atoms with van der Waals surface area (Å²) in [5.41, 5.74) is 1.45. The van der Waals surface area contributed by atoms with Gasteiger partial charge >= 0.3 is 0 Å². The Kier molecular flexibility index (Phi) is 3.55. The van der Waals surface area contributed by atoms with E-state index in [2.05, 4.69) is 4.98 Å². The van der Waals surface area contributed by atoms with Gasteiger partial charge in [-0.1, -0.05) is 17.7 Å². The van der Waals surface area contributed by atoms with Crippen LogP contribution >= 0.6 is 11.6 Å². The minimum absolute atomic E-state index is 0.128. The van der Waals surface area contributed by atoms with E-state index in [0.29, 0.717) is 16.5 Å². The molecule has 0 amide bonds. The van der Waals surface area contributed by atoms with Gasteiger partial charge in [-0.3, -0.25) is 0 Å². The number of rotatable bonds is 2. The number of nitriles is 1. The molecule has 0 atom stereocenters. The van der Waals surface area contributed by atoms with Gasteiger partial charge in [0.05, 0.1) is 17.5 Å². The highest BCUT2D eigenvalue weighted by Gasteiger charge is 2.19. The Labute approximate surface area is 128 Å². The van der Waals surface area contributed by atoms with Gasteiger partial charge in [-0.2, -0.15) is 5.26 Å². The van der Waals surface area contributed by atoms with Crippen molar-refractivity contribution in [2.75, 3.05) is 0 Å². The van der Waals surface area contributed by atoms with E-state index in [1.165, 1.54) is 6.07 Å². The van der Waals surface area contributed by atoms with E-state index in [9.17, 15) is 13.2 Å². The predicted octanol–water partition coefficient (Wildman–Crippen LogP) is 4.97. The van der Waals surface area contributed by atoms with Crippen LogP contribution in [0.4, 0.5) is 13.2 Å². The maximum atomic E-state index is 14.0. The third kappa shape index (κ3) is 2.13. The summed E-state index contributed by atoms with van der Waals surface area (Å²) in [5.74, 6) is -4.09. The molecular formula is C16H8ClF3N2. The summed E-state index contributed by atoms with van der Waals surface area (Å²) in [6, 6.07) is 7.17. The molecule has 0 aliphatic heterocycles. The Bertz CT molecular complexity index is 925. The number of hydrogen-bond acceptors (Lipinski definition) is 1. The standard InChI is InChI=1S/C16H8ClF3N2/c17-14-9(10-1-3-11(18)16(20)15(10)19)2-4-12-13(14)8(5-6-21)7-22-12/h1-4,7,22H,5H2. The van der Waals surface area contributed by atoms with Crippen molar-refractivity contribution in [3.05, 3.63) is 58.5 Å². The fourth-order valence-corrected chi connectivity index (χ4v) is 2.80. The van der Waals surface area contributed by atoms with Crippen LogP contribution in [-0.4, -0.2) is 4.98 Å². The SMILES string of the molecule is N#CCc1c[nH]c2ccc(-c3ccc(F)c(F)c3F)c(Cl)c12. The number of nitrogens with zero attached hydrogens (tertiary/aromatic N) is 1. The van der Waals surface area contributed by atoms with Gasteiger partial charge in [0.1, 0.15) is 0 Å². The molecule has 1 heterocycles. The minimum atomic E-state index is -1.54. The first-order valence-corrected chi connectivity index (χ1v) is 6.71. The summed E-state index contributed by atoms with van der Waals surface area (Å²) in [6.07, 6.45) is 1.77. The first-order valence-electron chi connectivity index (χ1n) is 6.34. The highest BCUT2D eigenvalue weighted by molar-refractivity contribution is 6.38. The second-order valence-electron chi connectivity index (χ2n) is 4.72. The Morgan fingerprint density at radius 3 is 2.50 bits per heavy atom. The average Bonchev–Trinajstić information content (AvgIpc) is 2.91. The zero-order chi connectivity index (χ0) is 15.9. The fraction of sp³-hybridized carbons (Fsp3) is 0.0625.